The van der Waals surface area contributed by atoms with Crippen LogP contribution in [-0.2, 0) is 14.3 Å². The van der Waals surface area contributed by atoms with Gasteiger partial charge in [-0.2, -0.15) is 0 Å². The molecule has 3 fully saturated rings. The summed E-state index contributed by atoms with van der Waals surface area (Å²) in [5, 5.41) is 9.27. The topological polar surface area (TPSA) is 102 Å². The number of hydroxylamine groups is 1. The molecule has 168 valence electrons. The molecule has 0 bridgehead atoms. The van der Waals surface area contributed by atoms with E-state index in [1.807, 2.05) is 23.1 Å². The van der Waals surface area contributed by atoms with Crippen molar-refractivity contribution in [2.45, 2.75) is 37.3 Å². The van der Waals surface area contributed by atoms with E-state index in [4.69, 9.17) is 4.74 Å². The van der Waals surface area contributed by atoms with E-state index in [2.05, 4.69) is 12.1 Å². The number of nitrogens with zero attached hydrogens (tertiary/aromatic N) is 3. The highest BCUT2D eigenvalue weighted by Gasteiger charge is 2.46. The molecule has 0 aromatic heterocycles. The molecule has 3 saturated heterocycles. The predicted molar refractivity (Wildman–Crippen MR) is 111 cm³/mol. The highest BCUT2D eigenvalue weighted by atomic mass is 16.6. The number of nitrogens with one attached hydrogen (secondary N) is 1. The Balaban J connectivity index is 1.44. The molecule has 0 saturated carbocycles. The molecular formula is C22H30N4O5. The van der Waals surface area contributed by atoms with Crippen LogP contribution in [0.2, 0.25) is 0 Å². The lowest BCUT2D eigenvalue weighted by Crippen LogP contribution is -2.60. The van der Waals surface area contributed by atoms with E-state index >= 15 is 0 Å². The maximum atomic E-state index is 13.4. The molecule has 31 heavy (non-hydrogen) atoms. The Morgan fingerprint density at radius 2 is 1.81 bits per heavy atom. The van der Waals surface area contributed by atoms with Gasteiger partial charge in [0.2, 0.25) is 11.8 Å². The summed E-state index contributed by atoms with van der Waals surface area (Å²) in [4.78, 5) is 43.3. The van der Waals surface area contributed by atoms with Crippen LogP contribution in [0.15, 0.2) is 30.3 Å². The van der Waals surface area contributed by atoms with Gasteiger partial charge in [-0.05, 0) is 31.9 Å². The number of hydrogen-bond donors (Lipinski definition) is 2. The van der Waals surface area contributed by atoms with Gasteiger partial charge in [0.25, 0.3) is 0 Å². The molecule has 1 aromatic carbocycles. The Bertz CT molecular complexity index is 815. The second-order valence-electron chi connectivity index (χ2n) is 8.73. The largest absolute Gasteiger partial charge is 0.445 e. The molecule has 0 spiro atoms. The number of likely N-dealkylation sites (N-methyl/N-ethyl adjacent to an activating group) is 1. The number of rotatable bonds is 4. The Morgan fingerprint density at radius 3 is 2.45 bits per heavy atom. The van der Waals surface area contributed by atoms with Crippen molar-refractivity contribution in [3.8, 4) is 0 Å². The summed E-state index contributed by atoms with van der Waals surface area (Å²) in [5.74, 6) is -1.29. The average molecular weight is 431 g/mol. The van der Waals surface area contributed by atoms with Gasteiger partial charge in [-0.1, -0.05) is 30.3 Å². The molecule has 9 heteroatoms. The highest BCUT2D eigenvalue weighted by molar-refractivity contribution is 5.90. The molecule has 9 nitrogen and oxygen atoms in total. The molecule has 3 heterocycles. The molecule has 0 radical (unpaired) electrons. The van der Waals surface area contributed by atoms with Crippen molar-refractivity contribution in [3.05, 3.63) is 35.9 Å². The Labute approximate surface area is 181 Å². The standard InChI is InChI=1S/C22H30N4O5/c1-24-14-17(31-22(29)25-9-5-10-25)12-18(20(27)23-30)19(24)21(28)26-11-8-16(13-26)15-6-3-2-4-7-15/h2-4,6-7,16-19,30H,5,8-14H2,1H3,(H,23,27)/t16-,17?,18?,19?/m0/s1. The lowest BCUT2D eigenvalue weighted by Gasteiger charge is -2.42. The van der Waals surface area contributed by atoms with Crippen molar-refractivity contribution >= 4 is 17.9 Å². The first-order valence-corrected chi connectivity index (χ1v) is 10.9. The van der Waals surface area contributed by atoms with Crippen molar-refractivity contribution in [2.75, 3.05) is 39.8 Å². The van der Waals surface area contributed by atoms with E-state index in [1.165, 1.54) is 5.56 Å². The molecule has 0 aliphatic carbocycles. The van der Waals surface area contributed by atoms with Gasteiger partial charge in [-0.3, -0.25) is 19.7 Å². The van der Waals surface area contributed by atoms with E-state index in [0.29, 0.717) is 32.7 Å². The van der Waals surface area contributed by atoms with Gasteiger partial charge in [0.05, 0.1) is 5.92 Å². The zero-order valence-electron chi connectivity index (χ0n) is 17.8. The highest BCUT2D eigenvalue weighted by Crippen LogP contribution is 2.31. The molecule has 3 aliphatic rings. The quantitative estimate of drug-likeness (QED) is 0.547. The third-order valence-corrected chi connectivity index (χ3v) is 6.72. The van der Waals surface area contributed by atoms with E-state index < -0.39 is 24.0 Å². The summed E-state index contributed by atoms with van der Waals surface area (Å²) in [6.07, 6.45) is 1.14. The summed E-state index contributed by atoms with van der Waals surface area (Å²) in [6, 6.07) is 9.41. The van der Waals surface area contributed by atoms with Crippen molar-refractivity contribution < 1.29 is 24.3 Å². The zero-order valence-corrected chi connectivity index (χ0v) is 17.8. The monoisotopic (exact) mass is 430 g/mol. The van der Waals surface area contributed by atoms with Crippen LogP contribution in [0, 0.1) is 5.92 Å². The number of hydrogen-bond acceptors (Lipinski definition) is 6. The Kier molecular flexibility index (Phi) is 6.43. The third kappa shape index (κ3) is 4.52. The molecule has 4 rings (SSSR count). The van der Waals surface area contributed by atoms with Crippen molar-refractivity contribution in [2.24, 2.45) is 5.92 Å². The zero-order chi connectivity index (χ0) is 22.0. The maximum Gasteiger partial charge on any atom is 0.410 e. The summed E-state index contributed by atoms with van der Waals surface area (Å²) in [7, 11) is 1.76. The summed E-state index contributed by atoms with van der Waals surface area (Å²) in [6.45, 7) is 2.96. The fourth-order valence-electron chi connectivity index (χ4n) is 4.87. The van der Waals surface area contributed by atoms with E-state index in [1.54, 1.807) is 22.3 Å². The minimum absolute atomic E-state index is 0.123. The first kappa shape index (κ1) is 21.6. The molecule has 2 N–H and O–H groups in total. The van der Waals surface area contributed by atoms with Gasteiger partial charge >= 0.3 is 6.09 Å². The van der Waals surface area contributed by atoms with Crippen molar-refractivity contribution in [3.63, 3.8) is 0 Å². The van der Waals surface area contributed by atoms with Crippen LogP contribution in [0.3, 0.4) is 0 Å². The molecule has 4 atom stereocenters. The normalized spacial score (nSPS) is 28.7. The number of ether oxygens (including phenoxy) is 1. The third-order valence-electron chi connectivity index (χ3n) is 6.72. The van der Waals surface area contributed by atoms with Crippen LogP contribution in [0.1, 0.15) is 30.7 Å². The SMILES string of the molecule is CN1CC(OC(=O)N2CCC2)CC(C(=O)NO)C1C(=O)N1CC[C@H](c2ccccc2)C1. The summed E-state index contributed by atoms with van der Waals surface area (Å²) >= 11 is 0. The molecule has 3 aliphatic heterocycles. The van der Waals surface area contributed by atoms with Gasteiger partial charge in [0, 0.05) is 38.6 Å². The van der Waals surface area contributed by atoms with Gasteiger partial charge in [-0.15, -0.1) is 0 Å². The minimum Gasteiger partial charge on any atom is -0.445 e. The van der Waals surface area contributed by atoms with Crippen LogP contribution < -0.4 is 5.48 Å². The first-order chi connectivity index (χ1) is 15.0. The van der Waals surface area contributed by atoms with E-state index in [0.717, 1.165) is 12.8 Å². The second kappa shape index (κ2) is 9.23. The van der Waals surface area contributed by atoms with Crippen LogP contribution in [0.5, 0.6) is 0 Å². The van der Waals surface area contributed by atoms with Crippen molar-refractivity contribution in [1.82, 2.24) is 20.2 Å². The lowest BCUT2D eigenvalue weighted by atomic mass is 9.86. The number of carbonyl (C=O) groups excluding carboxylic acids is 3. The van der Waals surface area contributed by atoms with Gasteiger partial charge in [-0.25, -0.2) is 10.3 Å². The van der Waals surface area contributed by atoms with Gasteiger partial charge in [0.15, 0.2) is 0 Å². The van der Waals surface area contributed by atoms with Gasteiger partial charge in [0.1, 0.15) is 12.1 Å². The maximum absolute atomic E-state index is 13.4. The first-order valence-electron chi connectivity index (χ1n) is 10.9. The predicted octanol–water partition coefficient (Wildman–Crippen LogP) is 1.04. The number of carbonyl (C=O) groups is 3. The minimum atomic E-state index is -0.804. The number of piperidine rings is 1. The smallest absolute Gasteiger partial charge is 0.410 e. The fourth-order valence-corrected chi connectivity index (χ4v) is 4.87. The lowest BCUT2D eigenvalue weighted by molar-refractivity contribution is -0.151. The number of likely N-dealkylation sites (tertiary alicyclic amines) is 3. The van der Waals surface area contributed by atoms with Crippen LogP contribution >= 0.6 is 0 Å². The summed E-state index contributed by atoms with van der Waals surface area (Å²) in [5.41, 5.74) is 2.90. The Morgan fingerprint density at radius 1 is 1.06 bits per heavy atom. The molecule has 1 aromatic rings. The van der Waals surface area contributed by atoms with Crippen LogP contribution in [-0.4, -0.2) is 89.7 Å². The van der Waals surface area contributed by atoms with E-state index in [9.17, 15) is 19.6 Å². The van der Waals surface area contributed by atoms with Crippen LogP contribution in [0.25, 0.3) is 0 Å². The number of amides is 3. The summed E-state index contributed by atoms with van der Waals surface area (Å²) < 4.78 is 5.58. The van der Waals surface area contributed by atoms with Crippen LogP contribution in [0.4, 0.5) is 4.79 Å². The second-order valence-corrected chi connectivity index (χ2v) is 8.73. The number of benzene rings is 1. The molecule has 3 amide bonds. The Hall–Kier alpha value is -2.65. The molecule has 3 unspecified atom stereocenters. The van der Waals surface area contributed by atoms with E-state index in [-0.39, 0.29) is 24.3 Å². The fraction of sp³-hybridized carbons (Fsp3) is 0.591. The molecular weight excluding hydrogens is 400 g/mol. The van der Waals surface area contributed by atoms with Gasteiger partial charge < -0.3 is 14.5 Å². The average Bonchev–Trinajstić information content (AvgIpc) is 3.22. The van der Waals surface area contributed by atoms with Crippen molar-refractivity contribution in [1.29, 1.82) is 0 Å².